The Kier molecular flexibility index (Phi) is 4.70. The molecule has 2 heterocycles. The zero-order valence-electron chi connectivity index (χ0n) is 9.86. The van der Waals surface area contributed by atoms with Gasteiger partial charge in [-0.2, -0.15) is 5.10 Å². The maximum Gasteiger partial charge on any atom is 0.252 e. The molecule has 8 heteroatoms. The minimum Gasteiger partial charge on any atom is -0.352 e. The van der Waals surface area contributed by atoms with Crippen LogP contribution in [0.3, 0.4) is 0 Å². The summed E-state index contributed by atoms with van der Waals surface area (Å²) in [4.78, 5) is 19.6. The van der Waals surface area contributed by atoms with Crippen LogP contribution >= 0.6 is 23.2 Å². The van der Waals surface area contributed by atoms with Gasteiger partial charge in [-0.1, -0.05) is 23.2 Å². The zero-order chi connectivity index (χ0) is 13.7. The van der Waals surface area contributed by atoms with Crippen LogP contribution in [0.2, 0.25) is 10.2 Å². The first-order chi connectivity index (χ1) is 9.16. The fraction of sp³-hybridized carbons (Fsp3) is 0.273. The van der Waals surface area contributed by atoms with Gasteiger partial charge in [0, 0.05) is 19.2 Å². The topological polar surface area (TPSA) is 83.6 Å². The second-order valence-corrected chi connectivity index (χ2v) is 4.55. The van der Waals surface area contributed by atoms with E-state index < -0.39 is 0 Å². The lowest BCUT2D eigenvalue weighted by molar-refractivity contribution is 0.0953. The molecule has 0 radical (unpaired) electrons. The summed E-state index contributed by atoms with van der Waals surface area (Å²) in [5.74, 6) is 0.564. The Morgan fingerprint density at radius 1 is 1.37 bits per heavy atom. The molecule has 6 nitrogen and oxygen atoms in total. The van der Waals surface area contributed by atoms with Crippen molar-refractivity contribution in [2.45, 2.75) is 12.8 Å². The molecule has 0 saturated carbocycles. The molecule has 2 N–H and O–H groups in total. The normalized spacial score (nSPS) is 10.4. The SMILES string of the molecule is O=C(NCCCc1ncn[nH]1)c1cnc(Cl)c(Cl)c1. The van der Waals surface area contributed by atoms with Gasteiger partial charge in [0.1, 0.15) is 17.3 Å². The lowest BCUT2D eigenvalue weighted by Gasteiger charge is -2.05. The number of carbonyl (C=O) groups is 1. The number of halogens is 2. The lowest BCUT2D eigenvalue weighted by Crippen LogP contribution is -2.25. The molecule has 2 aromatic rings. The average molecular weight is 300 g/mol. The number of nitrogens with one attached hydrogen (secondary N) is 2. The van der Waals surface area contributed by atoms with Crippen molar-refractivity contribution in [1.82, 2.24) is 25.5 Å². The highest BCUT2D eigenvalue weighted by Gasteiger charge is 2.08. The monoisotopic (exact) mass is 299 g/mol. The number of aromatic nitrogens is 4. The van der Waals surface area contributed by atoms with Crippen LogP contribution in [-0.2, 0) is 6.42 Å². The second-order valence-electron chi connectivity index (χ2n) is 3.79. The van der Waals surface area contributed by atoms with Gasteiger partial charge in [0.25, 0.3) is 5.91 Å². The quantitative estimate of drug-likeness (QED) is 0.652. The van der Waals surface area contributed by atoms with Crippen molar-refractivity contribution in [1.29, 1.82) is 0 Å². The molecule has 0 aromatic carbocycles. The van der Waals surface area contributed by atoms with E-state index in [1.165, 1.54) is 18.6 Å². The molecule has 1 amide bonds. The molecule has 2 rings (SSSR count). The van der Waals surface area contributed by atoms with Crippen molar-refractivity contribution < 1.29 is 4.79 Å². The number of hydrogen-bond donors (Lipinski definition) is 2. The number of hydrogen-bond acceptors (Lipinski definition) is 4. The van der Waals surface area contributed by atoms with E-state index in [-0.39, 0.29) is 16.1 Å². The summed E-state index contributed by atoms with van der Waals surface area (Å²) in [6, 6.07) is 1.49. The highest BCUT2D eigenvalue weighted by Crippen LogP contribution is 2.19. The number of nitrogens with zero attached hydrogens (tertiary/aromatic N) is 3. The van der Waals surface area contributed by atoms with E-state index in [1.807, 2.05) is 0 Å². The van der Waals surface area contributed by atoms with Crippen LogP contribution in [0, 0.1) is 0 Å². The first-order valence-corrected chi connectivity index (χ1v) is 6.36. The molecule has 0 fully saturated rings. The first kappa shape index (κ1) is 13.8. The van der Waals surface area contributed by atoms with Crippen LogP contribution in [-0.4, -0.2) is 32.6 Å². The van der Waals surface area contributed by atoms with Gasteiger partial charge >= 0.3 is 0 Å². The molecule has 0 spiro atoms. The molecule has 0 aliphatic rings. The van der Waals surface area contributed by atoms with Gasteiger partial charge in [-0.05, 0) is 12.5 Å². The fourth-order valence-corrected chi connectivity index (χ4v) is 1.73. The highest BCUT2D eigenvalue weighted by atomic mass is 35.5. The average Bonchev–Trinajstić information content (AvgIpc) is 2.91. The van der Waals surface area contributed by atoms with Crippen LogP contribution in [0.5, 0.6) is 0 Å². The second kappa shape index (κ2) is 6.49. The van der Waals surface area contributed by atoms with Crippen molar-refractivity contribution in [3.05, 3.63) is 40.2 Å². The van der Waals surface area contributed by atoms with Crippen LogP contribution in [0.25, 0.3) is 0 Å². The third kappa shape index (κ3) is 3.90. The molecule has 0 saturated heterocycles. The van der Waals surface area contributed by atoms with Gasteiger partial charge < -0.3 is 5.32 Å². The van der Waals surface area contributed by atoms with Crippen molar-refractivity contribution in [3.63, 3.8) is 0 Å². The van der Waals surface area contributed by atoms with E-state index in [1.54, 1.807) is 0 Å². The summed E-state index contributed by atoms with van der Waals surface area (Å²) >= 11 is 11.5. The van der Waals surface area contributed by atoms with Gasteiger partial charge in [0.05, 0.1) is 10.6 Å². The Labute approximate surface area is 119 Å². The Morgan fingerprint density at radius 3 is 2.89 bits per heavy atom. The number of amides is 1. The van der Waals surface area contributed by atoms with Crippen LogP contribution in [0.15, 0.2) is 18.6 Å². The van der Waals surface area contributed by atoms with Gasteiger partial charge in [0.2, 0.25) is 0 Å². The van der Waals surface area contributed by atoms with Crippen LogP contribution in [0.4, 0.5) is 0 Å². The maximum atomic E-state index is 11.8. The maximum absolute atomic E-state index is 11.8. The lowest BCUT2D eigenvalue weighted by atomic mass is 10.2. The van der Waals surface area contributed by atoms with E-state index in [2.05, 4.69) is 25.5 Å². The fourth-order valence-electron chi connectivity index (χ4n) is 1.46. The zero-order valence-corrected chi connectivity index (χ0v) is 11.4. The third-order valence-corrected chi connectivity index (χ3v) is 3.09. The highest BCUT2D eigenvalue weighted by molar-refractivity contribution is 6.41. The van der Waals surface area contributed by atoms with E-state index >= 15 is 0 Å². The number of rotatable bonds is 5. The number of aryl methyl sites for hydroxylation is 1. The summed E-state index contributed by atoms with van der Waals surface area (Å²) < 4.78 is 0. The molecular weight excluding hydrogens is 289 g/mol. The minimum atomic E-state index is -0.233. The number of pyridine rings is 1. The number of carbonyl (C=O) groups excluding carboxylic acids is 1. The molecule has 0 atom stereocenters. The van der Waals surface area contributed by atoms with Gasteiger partial charge in [-0.15, -0.1) is 0 Å². The molecule has 2 aromatic heterocycles. The van der Waals surface area contributed by atoms with Crippen molar-refractivity contribution in [2.75, 3.05) is 6.54 Å². The summed E-state index contributed by atoms with van der Waals surface area (Å²) in [5.41, 5.74) is 0.383. The summed E-state index contributed by atoms with van der Waals surface area (Å²) in [7, 11) is 0. The van der Waals surface area contributed by atoms with Crippen molar-refractivity contribution in [2.24, 2.45) is 0 Å². The smallest absolute Gasteiger partial charge is 0.252 e. The third-order valence-electron chi connectivity index (χ3n) is 2.40. The summed E-state index contributed by atoms with van der Waals surface area (Å²) in [6.45, 7) is 0.528. The van der Waals surface area contributed by atoms with Crippen molar-refractivity contribution in [3.8, 4) is 0 Å². The Hall–Kier alpha value is -1.66. The Balaban J connectivity index is 1.79. The molecular formula is C11H11Cl2N5O. The van der Waals surface area contributed by atoms with E-state index in [0.29, 0.717) is 12.1 Å². The van der Waals surface area contributed by atoms with Crippen LogP contribution < -0.4 is 5.32 Å². The summed E-state index contributed by atoms with van der Waals surface area (Å²) in [6.07, 6.45) is 4.32. The first-order valence-electron chi connectivity index (χ1n) is 5.60. The van der Waals surface area contributed by atoms with Crippen LogP contribution in [0.1, 0.15) is 22.6 Å². The summed E-state index contributed by atoms with van der Waals surface area (Å²) in [5, 5.41) is 9.71. The van der Waals surface area contributed by atoms with E-state index in [0.717, 1.165) is 18.7 Å². The number of aromatic amines is 1. The largest absolute Gasteiger partial charge is 0.352 e. The van der Waals surface area contributed by atoms with E-state index in [9.17, 15) is 4.79 Å². The van der Waals surface area contributed by atoms with Crippen molar-refractivity contribution >= 4 is 29.1 Å². The van der Waals surface area contributed by atoms with Gasteiger partial charge in [0.15, 0.2) is 0 Å². The Bertz CT molecular complexity index is 558. The van der Waals surface area contributed by atoms with E-state index in [4.69, 9.17) is 23.2 Å². The molecule has 0 bridgehead atoms. The predicted octanol–water partition coefficient (Wildman–Crippen LogP) is 1.87. The molecule has 0 aliphatic carbocycles. The standard InChI is InChI=1S/C11H11Cl2N5O/c12-8-4-7(5-15-10(8)13)11(19)14-3-1-2-9-16-6-17-18-9/h4-6H,1-3H2,(H,14,19)(H,16,17,18). The molecule has 19 heavy (non-hydrogen) atoms. The molecule has 0 aliphatic heterocycles. The molecule has 0 unspecified atom stereocenters. The number of H-pyrrole nitrogens is 1. The molecule has 100 valence electrons. The Morgan fingerprint density at radius 2 is 2.21 bits per heavy atom. The van der Waals surface area contributed by atoms with Gasteiger partial charge in [-0.25, -0.2) is 9.97 Å². The predicted molar refractivity (Wildman–Crippen MR) is 71.3 cm³/mol. The minimum absolute atomic E-state index is 0.184. The van der Waals surface area contributed by atoms with Gasteiger partial charge in [-0.3, -0.25) is 9.89 Å².